The van der Waals surface area contributed by atoms with Crippen molar-refractivity contribution >= 4 is 17.3 Å². The van der Waals surface area contributed by atoms with E-state index in [1.54, 1.807) is 10.6 Å². The second-order valence-electron chi connectivity index (χ2n) is 4.85. The third kappa shape index (κ3) is 1.72. The van der Waals surface area contributed by atoms with Crippen LogP contribution in [-0.4, -0.2) is 19.6 Å². The molecule has 100 valence electrons. The first-order valence-electron chi connectivity index (χ1n) is 6.55. The number of nitrogens with zero attached hydrogens (tertiary/aromatic N) is 4. The highest BCUT2D eigenvalue weighted by atomic mass is 19.1. The lowest BCUT2D eigenvalue weighted by Crippen LogP contribution is -2.07. The average molecular weight is 269 g/mol. The van der Waals surface area contributed by atoms with Crippen molar-refractivity contribution in [2.45, 2.75) is 19.3 Å². The Morgan fingerprint density at radius 3 is 3.10 bits per heavy atom. The molecule has 6 heteroatoms. The van der Waals surface area contributed by atoms with E-state index < -0.39 is 0 Å². The van der Waals surface area contributed by atoms with E-state index in [4.69, 9.17) is 0 Å². The van der Waals surface area contributed by atoms with E-state index >= 15 is 0 Å². The molecule has 0 radical (unpaired) electrons. The minimum atomic E-state index is -0.268. The number of fused-ring (bicyclic) bond motifs is 2. The standard InChI is InChI=1S/C14H12FN5/c15-9-3-1-4-10(7-9)18-13-11-5-2-6-12(11)19-14-16-8-17-20(13)14/h1,3-4,7-8,18H,2,5-6H2. The summed E-state index contributed by atoms with van der Waals surface area (Å²) in [6.45, 7) is 0. The fourth-order valence-corrected chi connectivity index (χ4v) is 2.66. The molecule has 0 unspecified atom stereocenters. The van der Waals surface area contributed by atoms with Crippen molar-refractivity contribution in [2.75, 3.05) is 5.32 Å². The summed E-state index contributed by atoms with van der Waals surface area (Å²) in [5.74, 6) is 1.14. The molecule has 0 fully saturated rings. The Labute approximate surface area is 114 Å². The third-order valence-electron chi connectivity index (χ3n) is 3.54. The van der Waals surface area contributed by atoms with E-state index in [-0.39, 0.29) is 5.82 Å². The number of benzene rings is 1. The van der Waals surface area contributed by atoms with Crippen LogP contribution >= 0.6 is 0 Å². The number of hydrogen-bond acceptors (Lipinski definition) is 4. The Morgan fingerprint density at radius 1 is 1.25 bits per heavy atom. The van der Waals surface area contributed by atoms with Gasteiger partial charge in [-0.2, -0.15) is 14.6 Å². The Kier molecular flexibility index (Phi) is 2.42. The van der Waals surface area contributed by atoms with Gasteiger partial charge in [0.05, 0.1) is 5.69 Å². The summed E-state index contributed by atoms with van der Waals surface area (Å²) in [7, 11) is 0. The summed E-state index contributed by atoms with van der Waals surface area (Å²) in [6, 6.07) is 6.39. The van der Waals surface area contributed by atoms with Crippen LogP contribution in [-0.2, 0) is 12.8 Å². The maximum absolute atomic E-state index is 13.3. The first kappa shape index (κ1) is 11.3. The van der Waals surface area contributed by atoms with Crippen molar-refractivity contribution in [1.29, 1.82) is 0 Å². The molecular weight excluding hydrogens is 257 g/mol. The molecule has 0 aliphatic heterocycles. The summed E-state index contributed by atoms with van der Waals surface area (Å²) in [4.78, 5) is 8.65. The highest BCUT2D eigenvalue weighted by molar-refractivity contribution is 5.63. The molecule has 0 spiro atoms. The minimum absolute atomic E-state index is 0.268. The number of aromatic nitrogens is 4. The summed E-state index contributed by atoms with van der Waals surface area (Å²) < 4.78 is 15.0. The lowest BCUT2D eigenvalue weighted by molar-refractivity contribution is 0.628. The first-order valence-corrected chi connectivity index (χ1v) is 6.55. The van der Waals surface area contributed by atoms with Gasteiger partial charge in [0.1, 0.15) is 18.0 Å². The highest BCUT2D eigenvalue weighted by Crippen LogP contribution is 2.30. The summed E-state index contributed by atoms with van der Waals surface area (Å²) in [5, 5.41) is 7.46. The number of rotatable bonds is 2. The van der Waals surface area contributed by atoms with Crippen molar-refractivity contribution < 1.29 is 4.39 Å². The van der Waals surface area contributed by atoms with Crippen molar-refractivity contribution in [3.8, 4) is 0 Å². The Hall–Kier alpha value is -2.50. The predicted molar refractivity (Wildman–Crippen MR) is 72.5 cm³/mol. The summed E-state index contributed by atoms with van der Waals surface area (Å²) >= 11 is 0. The first-order chi connectivity index (χ1) is 9.81. The van der Waals surface area contributed by atoms with Crippen LogP contribution in [0.2, 0.25) is 0 Å². The largest absolute Gasteiger partial charge is 0.340 e. The van der Waals surface area contributed by atoms with Gasteiger partial charge < -0.3 is 5.32 Å². The lowest BCUT2D eigenvalue weighted by atomic mass is 10.2. The van der Waals surface area contributed by atoms with Crippen LogP contribution in [0.3, 0.4) is 0 Å². The monoisotopic (exact) mass is 269 g/mol. The number of halogens is 1. The smallest absolute Gasteiger partial charge is 0.254 e. The SMILES string of the molecule is Fc1cccc(Nc2c3c(nc4ncnn24)CCC3)c1. The normalized spacial score (nSPS) is 13.7. The van der Waals surface area contributed by atoms with Gasteiger partial charge in [-0.3, -0.25) is 0 Å². The molecule has 4 rings (SSSR count). The zero-order valence-corrected chi connectivity index (χ0v) is 10.7. The fraction of sp³-hybridized carbons (Fsp3) is 0.214. The number of aryl methyl sites for hydroxylation is 1. The van der Waals surface area contributed by atoms with Crippen LogP contribution in [0.1, 0.15) is 17.7 Å². The van der Waals surface area contributed by atoms with Gasteiger partial charge in [-0.25, -0.2) is 9.37 Å². The number of anilines is 2. The van der Waals surface area contributed by atoms with E-state index in [9.17, 15) is 4.39 Å². The molecule has 0 amide bonds. The molecule has 1 aliphatic carbocycles. The van der Waals surface area contributed by atoms with Gasteiger partial charge in [0.2, 0.25) is 0 Å². The second kappa shape index (κ2) is 4.26. The maximum Gasteiger partial charge on any atom is 0.254 e. The zero-order valence-electron chi connectivity index (χ0n) is 10.7. The van der Waals surface area contributed by atoms with Crippen molar-refractivity contribution in [3.63, 3.8) is 0 Å². The molecule has 5 nitrogen and oxygen atoms in total. The second-order valence-corrected chi connectivity index (χ2v) is 4.85. The molecule has 2 aromatic heterocycles. The van der Waals surface area contributed by atoms with Gasteiger partial charge in [0.15, 0.2) is 0 Å². The predicted octanol–water partition coefficient (Wildman–Crippen LogP) is 2.50. The lowest BCUT2D eigenvalue weighted by Gasteiger charge is -2.12. The molecule has 1 N–H and O–H groups in total. The van der Waals surface area contributed by atoms with Crippen molar-refractivity contribution in [3.05, 3.63) is 47.7 Å². The van der Waals surface area contributed by atoms with Gasteiger partial charge in [-0.1, -0.05) is 6.07 Å². The van der Waals surface area contributed by atoms with Gasteiger partial charge >= 0.3 is 0 Å². The quantitative estimate of drug-likeness (QED) is 0.776. The molecule has 0 bridgehead atoms. The van der Waals surface area contributed by atoms with Crippen LogP contribution in [0.25, 0.3) is 5.78 Å². The van der Waals surface area contributed by atoms with E-state index in [2.05, 4.69) is 20.4 Å². The van der Waals surface area contributed by atoms with Crippen LogP contribution in [0.15, 0.2) is 30.6 Å². The molecule has 1 aliphatic rings. The average Bonchev–Trinajstić information content (AvgIpc) is 3.06. The fourth-order valence-electron chi connectivity index (χ4n) is 2.66. The molecule has 0 atom stereocenters. The molecule has 0 saturated carbocycles. The highest BCUT2D eigenvalue weighted by Gasteiger charge is 2.21. The van der Waals surface area contributed by atoms with E-state index in [0.29, 0.717) is 11.5 Å². The van der Waals surface area contributed by atoms with Gasteiger partial charge in [0.25, 0.3) is 5.78 Å². The summed E-state index contributed by atoms with van der Waals surface area (Å²) in [5.41, 5.74) is 2.90. The van der Waals surface area contributed by atoms with Crippen LogP contribution in [0.4, 0.5) is 15.9 Å². The molecule has 3 aromatic rings. The number of nitrogens with one attached hydrogen (secondary N) is 1. The van der Waals surface area contributed by atoms with E-state index in [1.807, 2.05) is 6.07 Å². The van der Waals surface area contributed by atoms with Crippen molar-refractivity contribution in [2.24, 2.45) is 0 Å². The Bertz CT molecular complexity index is 795. The molecule has 20 heavy (non-hydrogen) atoms. The van der Waals surface area contributed by atoms with Gasteiger partial charge in [-0.05, 0) is 37.5 Å². The van der Waals surface area contributed by atoms with Crippen LogP contribution in [0, 0.1) is 5.82 Å². The molecule has 0 saturated heterocycles. The Balaban J connectivity index is 1.88. The van der Waals surface area contributed by atoms with Gasteiger partial charge in [-0.15, -0.1) is 0 Å². The molecule has 1 aromatic carbocycles. The van der Waals surface area contributed by atoms with E-state index in [0.717, 1.165) is 36.3 Å². The number of hydrogen-bond donors (Lipinski definition) is 1. The third-order valence-corrected chi connectivity index (χ3v) is 3.54. The molecule has 2 heterocycles. The minimum Gasteiger partial charge on any atom is -0.340 e. The Morgan fingerprint density at radius 2 is 2.20 bits per heavy atom. The molecular formula is C14H12FN5. The van der Waals surface area contributed by atoms with Crippen molar-refractivity contribution in [1.82, 2.24) is 19.6 Å². The van der Waals surface area contributed by atoms with Gasteiger partial charge in [0, 0.05) is 11.3 Å². The zero-order chi connectivity index (χ0) is 13.5. The van der Waals surface area contributed by atoms with E-state index in [1.165, 1.54) is 18.5 Å². The van der Waals surface area contributed by atoms with Crippen LogP contribution < -0.4 is 5.32 Å². The summed E-state index contributed by atoms with van der Waals surface area (Å²) in [6.07, 6.45) is 4.47. The van der Waals surface area contributed by atoms with Crippen LogP contribution in [0.5, 0.6) is 0 Å². The maximum atomic E-state index is 13.3. The topological polar surface area (TPSA) is 55.1 Å².